The van der Waals surface area contributed by atoms with Crippen LogP contribution in [0.3, 0.4) is 0 Å². The zero-order chi connectivity index (χ0) is 42.2. The van der Waals surface area contributed by atoms with Crippen LogP contribution in [0.25, 0.3) is 5.57 Å². The van der Waals surface area contributed by atoms with Crippen molar-refractivity contribution in [2.75, 3.05) is 10.2 Å². The van der Waals surface area contributed by atoms with Crippen LogP contribution in [0.4, 0.5) is 47.3 Å². The van der Waals surface area contributed by atoms with Crippen LogP contribution < -0.4 is 25.2 Å². The molecule has 2 aliphatic rings. The largest absolute Gasteiger partial charge is 0.871 e. The summed E-state index contributed by atoms with van der Waals surface area (Å²) < 4.78 is 43.0. The van der Waals surface area contributed by atoms with Crippen molar-refractivity contribution in [2.45, 2.75) is 40.8 Å². The van der Waals surface area contributed by atoms with Gasteiger partial charge in [-0.25, -0.2) is 0 Å². The molecule has 0 atom stereocenters. The first-order valence-electron chi connectivity index (χ1n) is 18.7. The van der Waals surface area contributed by atoms with Crippen LogP contribution in [-0.2, 0) is 14.4 Å². The van der Waals surface area contributed by atoms with Crippen LogP contribution in [-0.4, -0.2) is 29.5 Å². The summed E-state index contributed by atoms with van der Waals surface area (Å²) in [6.07, 6.45) is -1.02. The van der Waals surface area contributed by atoms with Crippen molar-refractivity contribution in [2.24, 2.45) is 0 Å². The zero-order valence-corrected chi connectivity index (χ0v) is 32.9. The molecular formula is C48H39F3N4O4. The number of nitrogens with one attached hydrogen (secondary N) is 2. The Kier molecular flexibility index (Phi) is 10.8. The lowest BCUT2D eigenvalue weighted by molar-refractivity contribution is -0.297. The Hall–Kier alpha value is -7.27. The minimum absolute atomic E-state index is 0.137. The number of anilines is 4. The van der Waals surface area contributed by atoms with Gasteiger partial charge in [-0.1, -0.05) is 82.6 Å². The molecule has 0 heterocycles. The van der Waals surface area contributed by atoms with Crippen molar-refractivity contribution < 1.29 is 32.7 Å². The molecule has 296 valence electrons. The monoisotopic (exact) mass is 792 g/mol. The number of carbonyl (C=O) groups is 3. The molecule has 0 saturated carbocycles. The summed E-state index contributed by atoms with van der Waals surface area (Å²) in [5.74, 6) is -4.24. The highest BCUT2D eigenvalue weighted by Gasteiger charge is 2.41. The average molecular weight is 793 g/mol. The number of benzene rings is 5. The summed E-state index contributed by atoms with van der Waals surface area (Å²) in [6, 6.07) is 35.6. The maximum atomic E-state index is 14.1. The minimum Gasteiger partial charge on any atom is -0.871 e. The van der Waals surface area contributed by atoms with Gasteiger partial charge in [0.1, 0.15) is 0 Å². The lowest BCUT2D eigenvalue weighted by Crippen LogP contribution is -2.39. The minimum atomic E-state index is -5.27. The van der Waals surface area contributed by atoms with E-state index in [-0.39, 0.29) is 28.1 Å². The van der Waals surface area contributed by atoms with E-state index >= 15 is 0 Å². The van der Waals surface area contributed by atoms with Crippen molar-refractivity contribution in [3.8, 4) is 0 Å². The normalized spacial score (nSPS) is 15.1. The number of halogens is 3. The highest BCUT2D eigenvalue weighted by atomic mass is 19.4. The van der Waals surface area contributed by atoms with Gasteiger partial charge in [-0.15, -0.1) is 0 Å². The first kappa shape index (κ1) is 39.9. The van der Waals surface area contributed by atoms with Gasteiger partial charge in [0.2, 0.25) is 23.0 Å². The van der Waals surface area contributed by atoms with Gasteiger partial charge >= 0.3 is 12.1 Å². The quantitative estimate of drug-likeness (QED) is 0.120. The first-order valence-corrected chi connectivity index (χ1v) is 18.7. The van der Waals surface area contributed by atoms with E-state index in [1.54, 1.807) is 28.9 Å². The molecule has 5 aromatic carbocycles. The summed E-state index contributed by atoms with van der Waals surface area (Å²) in [6.45, 7) is 9.10. The maximum absolute atomic E-state index is 14.1. The smallest absolute Gasteiger partial charge is 0.471 e. The molecule has 0 bridgehead atoms. The number of aryl methyl sites for hydroxylation is 4. The fraction of sp³-hybridized carbons (Fsp3) is 0.125. The number of hydrogen-bond donors (Lipinski definition) is 2. The highest BCUT2D eigenvalue weighted by Crippen LogP contribution is 2.44. The average Bonchev–Trinajstić information content (AvgIpc) is 3.19. The van der Waals surface area contributed by atoms with Crippen molar-refractivity contribution in [1.82, 2.24) is 9.89 Å². The predicted octanol–water partition coefficient (Wildman–Crippen LogP) is 9.41. The second-order valence-electron chi connectivity index (χ2n) is 14.5. The molecular weight excluding hydrogens is 754 g/mol. The summed E-state index contributed by atoms with van der Waals surface area (Å²) in [5.41, 5.74) is 7.16. The molecule has 59 heavy (non-hydrogen) atoms. The van der Waals surface area contributed by atoms with Crippen LogP contribution in [0, 0.1) is 27.7 Å². The molecule has 0 saturated heterocycles. The summed E-state index contributed by atoms with van der Waals surface area (Å²) in [7, 11) is 0. The Morgan fingerprint density at radius 2 is 1.12 bits per heavy atom. The van der Waals surface area contributed by atoms with Gasteiger partial charge in [0.05, 0.1) is 11.4 Å². The molecule has 0 fully saturated rings. The Morgan fingerprint density at radius 3 is 1.58 bits per heavy atom. The fourth-order valence-electron chi connectivity index (χ4n) is 6.92. The molecule has 2 aliphatic carbocycles. The Morgan fingerprint density at radius 1 is 0.644 bits per heavy atom. The second-order valence-corrected chi connectivity index (χ2v) is 14.5. The van der Waals surface area contributed by atoms with Crippen LogP contribution >= 0.6 is 0 Å². The van der Waals surface area contributed by atoms with E-state index < -0.39 is 35.1 Å². The molecule has 11 heteroatoms. The van der Waals surface area contributed by atoms with Crippen LogP contribution in [0.15, 0.2) is 156 Å². The summed E-state index contributed by atoms with van der Waals surface area (Å²) in [5, 5.41) is 18.8. The number of rotatable bonds is 8. The summed E-state index contributed by atoms with van der Waals surface area (Å²) >= 11 is 0. The number of nitrogens with zero attached hydrogens (tertiary/aromatic N) is 2. The van der Waals surface area contributed by atoms with Gasteiger partial charge in [0.15, 0.2) is 5.78 Å². The zero-order valence-electron chi connectivity index (χ0n) is 32.9. The van der Waals surface area contributed by atoms with Crippen molar-refractivity contribution in [1.29, 1.82) is 0 Å². The molecule has 0 spiro atoms. The Bertz CT molecular complexity index is 2580. The predicted molar refractivity (Wildman–Crippen MR) is 224 cm³/mol. The highest BCUT2D eigenvalue weighted by molar-refractivity contribution is 6.40. The fourth-order valence-corrected chi connectivity index (χ4v) is 6.92. The van der Waals surface area contributed by atoms with E-state index in [0.717, 1.165) is 33.6 Å². The number of carbonyl (C=O) groups excluding carboxylic acids is 3. The van der Waals surface area contributed by atoms with E-state index in [1.165, 1.54) is 19.1 Å². The van der Waals surface area contributed by atoms with Gasteiger partial charge in [-0.2, -0.15) is 17.7 Å². The molecule has 2 N–H and O–H groups in total. The molecule has 0 aliphatic heterocycles. The SMILES string of the molecule is CC(=O)Nc1cc(N(c2ccc(C)cc2)c2ccc(C)cc2)ccc1C1=C([O-])/C(=C2/C=CC(=[N+](c3ccc(C)cc3)c3ccc(C)cc3)C=C2NC(=O)C(F)(F)F)C1=O. The topological polar surface area (TPSA) is 105 Å². The van der Waals surface area contributed by atoms with Gasteiger partial charge in [-0.3, -0.25) is 14.4 Å². The van der Waals surface area contributed by atoms with Crippen molar-refractivity contribution in [3.63, 3.8) is 0 Å². The van der Waals surface area contributed by atoms with E-state index in [1.807, 2.05) is 135 Å². The standard InChI is InChI=1S/C48H39F3N4O4/c1-28-6-14-33(15-7-28)54(34-16-8-29(2)9-17-34)37-22-24-39(41(26-37)52-32(5)56)43-45(57)44(46(43)58)40-25-23-38(27-42(40)53-47(59)48(49,50)51)55(35-18-10-30(3)11-19-35)36-20-12-31(4)13-21-36/h6-27H,1-5H3,(H2,52,53,56,57,58,59). The number of amides is 2. The lowest BCUT2D eigenvalue weighted by atomic mass is 9.78. The van der Waals surface area contributed by atoms with Crippen molar-refractivity contribution >= 4 is 63.0 Å². The number of ketones is 1. The van der Waals surface area contributed by atoms with E-state index in [4.69, 9.17) is 0 Å². The second kappa shape index (κ2) is 15.9. The van der Waals surface area contributed by atoms with E-state index in [0.29, 0.717) is 22.8 Å². The third-order valence-corrected chi connectivity index (χ3v) is 9.95. The summed E-state index contributed by atoms with van der Waals surface area (Å²) in [4.78, 5) is 41.1. The molecule has 5 aromatic rings. The van der Waals surface area contributed by atoms with Gasteiger partial charge in [0, 0.05) is 82.7 Å². The Balaban J connectivity index is 1.37. The molecule has 2 amide bonds. The van der Waals surface area contributed by atoms with Crippen LogP contribution in [0.5, 0.6) is 0 Å². The first-order chi connectivity index (χ1) is 28.1. The number of allylic oxidation sites excluding steroid dienone is 5. The maximum Gasteiger partial charge on any atom is 0.471 e. The Labute approximate surface area is 339 Å². The molecule has 7 rings (SSSR count). The number of Topliss-reactive ketones (excluding diaryl/α,β-unsaturated/α-hetero) is 1. The number of hydrogen-bond acceptors (Lipinski definition) is 5. The molecule has 8 nitrogen and oxygen atoms in total. The van der Waals surface area contributed by atoms with Crippen LogP contribution in [0.2, 0.25) is 0 Å². The molecule has 0 radical (unpaired) electrons. The van der Waals surface area contributed by atoms with E-state index in [9.17, 15) is 32.7 Å². The van der Waals surface area contributed by atoms with Gasteiger partial charge in [0.25, 0.3) is 0 Å². The third-order valence-electron chi connectivity index (χ3n) is 9.95. The number of alkyl halides is 3. The van der Waals surface area contributed by atoms with Gasteiger partial charge < -0.3 is 20.6 Å². The lowest BCUT2D eigenvalue weighted by Gasteiger charge is -2.34. The molecule has 0 unspecified atom stereocenters. The van der Waals surface area contributed by atoms with E-state index in [2.05, 4.69) is 5.32 Å². The van der Waals surface area contributed by atoms with Crippen LogP contribution in [0.1, 0.15) is 34.7 Å². The van der Waals surface area contributed by atoms with Crippen molar-refractivity contribution in [3.05, 3.63) is 184 Å². The molecule has 0 aromatic heterocycles. The van der Waals surface area contributed by atoms with Gasteiger partial charge in [-0.05, 0) is 70.2 Å². The third kappa shape index (κ3) is 8.26.